The number of anilines is 1. The lowest BCUT2D eigenvalue weighted by Crippen LogP contribution is -2.19. The summed E-state index contributed by atoms with van der Waals surface area (Å²) in [6.07, 6.45) is -3.25. The van der Waals surface area contributed by atoms with Gasteiger partial charge in [0.2, 0.25) is 0 Å². The van der Waals surface area contributed by atoms with E-state index in [1.807, 2.05) is 0 Å². The Balaban J connectivity index is 1.57. The molecule has 40 heavy (non-hydrogen) atoms. The highest BCUT2D eigenvalue weighted by molar-refractivity contribution is 7.92. The molecule has 0 aliphatic rings. The minimum atomic E-state index is -4.49. The first-order valence-corrected chi connectivity index (χ1v) is 13.3. The summed E-state index contributed by atoms with van der Waals surface area (Å²) in [6.45, 7) is 1.70. The van der Waals surface area contributed by atoms with Crippen LogP contribution >= 0.6 is 0 Å². The molecule has 0 atom stereocenters. The first-order chi connectivity index (χ1) is 19.0. The maximum absolute atomic E-state index is 13.2. The molecule has 0 saturated carbocycles. The van der Waals surface area contributed by atoms with Crippen molar-refractivity contribution in [3.05, 3.63) is 107 Å². The van der Waals surface area contributed by atoms with E-state index in [1.54, 1.807) is 31.2 Å². The van der Waals surface area contributed by atoms with Gasteiger partial charge < -0.3 is 4.74 Å². The number of nitrogens with zero attached hydrogens (tertiary/aromatic N) is 3. The van der Waals surface area contributed by atoms with Crippen LogP contribution in [-0.4, -0.2) is 30.1 Å². The van der Waals surface area contributed by atoms with Crippen molar-refractivity contribution in [2.75, 3.05) is 11.8 Å². The van der Waals surface area contributed by atoms with E-state index in [-0.39, 0.29) is 16.5 Å². The fourth-order valence-corrected chi connectivity index (χ4v) is 5.30. The van der Waals surface area contributed by atoms with Crippen molar-refractivity contribution in [1.82, 2.24) is 14.5 Å². The number of ether oxygens (including phenoxy) is 1. The van der Waals surface area contributed by atoms with Gasteiger partial charge in [-0.2, -0.15) is 13.2 Å². The Labute approximate surface area is 226 Å². The Morgan fingerprint density at radius 3 is 2.40 bits per heavy atom. The Hall–Kier alpha value is -4.71. The summed E-state index contributed by atoms with van der Waals surface area (Å²) < 4.78 is 75.0. The second-order valence-electron chi connectivity index (χ2n) is 8.84. The minimum Gasteiger partial charge on any atom is -0.495 e. The van der Waals surface area contributed by atoms with Crippen LogP contribution in [0.25, 0.3) is 27.7 Å². The number of benzene rings is 3. The largest absolute Gasteiger partial charge is 0.495 e. The molecule has 2 heterocycles. The summed E-state index contributed by atoms with van der Waals surface area (Å²) in [5.74, 6) is 0.352. The van der Waals surface area contributed by atoms with Crippen molar-refractivity contribution in [2.24, 2.45) is 0 Å². The number of halogens is 3. The topological polar surface area (TPSA) is 103 Å². The third-order valence-corrected chi connectivity index (χ3v) is 7.52. The van der Waals surface area contributed by atoms with Crippen LogP contribution in [0.4, 0.5) is 19.0 Å². The summed E-state index contributed by atoms with van der Waals surface area (Å²) in [4.78, 5) is 20.8. The van der Waals surface area contributed by atoms with Crippen LogP contribution in [0.5, 0.6) is 5.75 Å². The number of aryl methyl sites for hydroxylation is 1. The molecule has 204 valence electrons. The predicted molar refractivity (Wildman–Crippen MR) is 144 cm³/mol. The van der Waals surface area contributed by atoms with Crippen LogP contribution in [0.15, 0.2) is 94.9 Å². The molecule has 0 aliphatic carbocycles. The quantitative estimate of drug-likeness (QED) is 0.288. The minimum absolute atomic E-state index is 0.0478. The average molecular weight is 567 g/mol. The van der Waals surface area contributed by atoms with E-state index in [4.69, 9.17) is 4.74 Å². The molecule has 0 aliphatic heterocycles. The van der Waals surface area contributed by atoms with E-state index in [0.717, 1.165) is 12.1 Å². The first-order valence-electron chi connectivity index (χ1n) is 11.8. The van der Waals surface area contributed by atoms with Gasteiger partial charge in [-0.05, 0) is 66.6 Å². The van der Waals surface area contributed by atoms with Gasteiger partial charge in [0, 0.05) is 23.2 Å². The van der Waals surface area contributed by atoms with Gasteiger partial charge in [0.15, 0.2) is 0 Å². The zero-order chi connectivity index (χ0) is 28.7. The van der Waals surface area contributed by atoms with Gasteiger partial charge in [-0.15, -0.1) is 0 Å². The highest BCUT2D eigenvalue weighted by atomic mass is 32.2. The van der Waals surface area contributed by atoms with Crippen molar-refractivity contribution >= 4 is 26.7 Å². The molecule has 1 N–H and O–H groups in total. The summed E-state index contributed by atoms with van der Waals surface area (Å²) in [7, 11) is -2.62. The number of methoxy groups -OCH3 is 1. The maximum atomic E-state index is 13.2. The molecule has 12 heteroatoms. The van der Waals surface area contributed by atoms with Crippen molar-refractivity contribution in [3.63, 3.8) is 0 Å². The zero-order valence-electron chi connectivity index (χ0n) is 21.1. The number of alkyl halides is 3. The first kappa shape index (κ1) is 26.9. The molecule has 0 saturated heterocycles. The molecule has 0 amide bonds. The SMILES string of the molecule is COc1cc(-c2cccc(C(F)(F)F)c2)ccc1-n1c(=O)ccc2cc(S(=O)(=O)Nc3cc(C)ncn3)ccc21. The van der Waals surface area contributed by atoms with Crippen LogP contribution in [-0.2, 0) is 16.2 Å². The smallest absolute Gasteiger partial charge is 0.416 e. The van der Waals surface area contributed by atoms with Gasteiger partial charge in [0.25, 0.3) is 15.6 Å². The average Bonchev–Trinajstić information content (AvgIpc) is 2.92. The highest BCUT2D eigenvalue weighted by Crippen LogP contribution is 2.35. The van der Waals surface area contributed by atoms with E-state index in [9.17, 15) is 26.4 Å². The summed E-state index contributed by atoms with van der Waals surface area (Å²) >= 11 is 0. The van der Waals surface area contributed by atoms with Gasteiger partial charge in [0.1, 0.15) is 17.9 Å². The van der Waals surface area contributed by atoms with Crippen LogP contribution in [0.1, 0.15) is 11.3 Å². The van der Waals surface area contributed by atoms with Gasteiger partial charge >= 0.3 is 6.18 Å². The van der Waals surface area contributed by atoms with Gasteiger partial charge in [0.05, 0.1) is 28.8 Å². The predicted octanol–water partition coefficient (Wildman–Crippen LogP) is 5.58. The number of fused-ring (bicyclic) bond motifs is 1. The molecular formula is C28H21F3N4O4S. The van der Waals surface area contributed by atoms with Gasteiger partial charge in [-0.25, -0.2) is 18.4 Å². The number of aromatic nitrogens is 3. The molecule has 0 fully saturated rings. The molecule has 0 unspecified atom stereocenters. The van der Waals surface area contributed by atoms with Crippen molar-refractivity contribution in [1.29, 1.82) is 0 Å². The lowest BCUT2D eigenvalue weighted by Gasteiger charge is -2.16. The highest BCUT2D eigenvalue weighted by Gasteiger charge is 2.30. The van der Waals surface area contributed by atoms with E-state index in [0.29, 0.717) is 33.4 Å². The van der Waals surface area contributed by atoms with E-state index >= 15 is 0 Å². The molecule has 5 rings (SSSR count). The molecule has 0 spiro atoms. The number of rotatable bonds is 6. The molecule has 0 radical (unpaired) electrons. The Kier molecular flexibility index (Phi) is 6.80. The molecule has 5 aromatic rings. The van der Waals surface area contributed by atoms with E-state index < -0.39 is 27.3 Å². The normalized spacial score (nSPS) is 11.9. The molecule has 2 aromatic heterocycles. The Bertz CT molecular complexity index is 1920. The van der Waals surface area contributed by atoms with Crippen molar-refractivity contribution < 1.29 is 26.3 Å². The molecule has 8 nitrogen and oxygen atoms in total. The van der Waals surface area contributed by atoms with E-state index in [2.05, 4.69) is 14.7 Å². The zero-order valence-corrected chi connectivity index (χ0v) is 21.9. The Morgan fingerprint density at radius 1 is 0.900 bits per heavy atom. The fraction of sp³-hybridized carbons (Fsp3) is 0.107. The van der Waals surface area contributed by atoms with Crippen LogP contribution in [0, 0.1) is 6.92 Å². The van der Waals surface area contributed by atoms with Crippen molar-refractivity contribution in [3.8, 4) is 22.6 Å². The van der Waals surface area contributed by atoms with Crippen LogP contribution < -0.4 is 15.0 Å². The molecule has 0 bridgehead atoms. The van der Waals surface area contributed by atoms with Gasteiger partial charge in [-0.1, -0.05) is 18.2 Å². The number of sulfonamides is 1. The number of nitrogens with one attached hydrogen (secondary N) is 1. The second kappa shape index (κ2) is 10.1. The lowest BCUT2D eigenvalue weighted by molar-refractivity contribution is -0.137. The molecular weight excluding hydrogens is 545 g/mol. The second-order valence-corrected chi connectivity index (χ2v) is 10.5. The molecule has 3 aromatic carbocycles. The number of hydrogen-bond acceptors (Lipinski definition) is 6. The van der Waals surface area contributed by atoms with Crippen LogP contribution in [0.2, 0.25) is 0 Å². The van der Waals surface area contributed by atoms with Crippen molar-refractivity contribution in [2.45, 2.75) is 18.0 Å². The lowest BCUT2D eigenvalue weighted by atomic mass is 10.0. The summed E-state index contributed by atoms with van der Waals surface area (Å²) in [5.41, 5.74) is 0.901. The summed E-state index contributed by atoms with van der Waals surface area (Å²) in [5, 5.41) is 0.449. The van der Waals surface area contributed by atoms with E-state index in [1.165, 1.54) is 60.5 Å². The number of hydrogen-bond donors (Lipinski definition) is 1. The fourth-order valence-electron chi connectivity index (χ4n) is 4.26. The van der Waals surface area contributed by atoms with Gasteiger partial charge in [-0.3, -0.25) is 14.1 Å². The third kappa shape index (κ3) is 5.25. The maximum Gasteiger partial charge on any atom is 0.416 e. The third-order valence-electron chi connectivity index (χ3n) is 6.16. The Morgan fingerprint density at radius 2 is 1.68 bits per heavy atom. The number of pyridine rings is 1. The monoisotopic (exact) mass is 566 g/mol. The van der Waals surface area contributed by atoms with Crippen LogP contribution in [0.3, 0.4) is 0 Å². The summed E-state index contributed by atoms with van der Waals surface area (Å²) in [6, 6.07) is 18.2. The standard InChI is InChI=1S/C28H21F3N4O4S/c1-17-12-26(33-16-32-17)34-40(37,38)22-8-10-23-20(14-22)7-11-27(36)35(23)24-9-6-19(15-25(24)39-2)18-4-3-5-21(13-18)28(29,30)31/h3-16H,1-2H3,(H,32,33,34).